The minimum Gasteiger partial charge on any atom is -0.395 e. The molecule has 6 heteroatoms. The molecule has 1 N–H and O–H groups in total. The number of benzene rings is 1. The largest absolute Gasteiger partial charge is 0.586 e. The molecule has 2 aromatic rings. The van der Waals surface area contributed by atoms with Crippen LogP contribution >= 0.6 is 11.3 Å². The second kappa shape index (κ2) is 4.59. The lowest BCUT2D eigenvalue weighted by atomic mass is 9.94. The highest BCUT2D eigenvalue weighted by Gasteiger charge is 2.43. The molecule has 0 fully saturated rings. The zero-order chi connectivity index (χ0) is 14.4. The molecule has 110 valence electrons. The van der Waals surface area contributed by atoms with Crippen LogP contribution in [-0.2, 0) is 6.42 Å². The molecule has 1 aromatic heterocycles. The maximum absolute atomic E-state index is 13.0. The monoisotopic (exact) mass is 309 g/mol. The summed E-state index contributed by atoms with van der Waals surface area (Å²) >= 11 is 1.78. The van der Waals surface area contributed by atoms with Crippen LogP contribution in [0.5, 0.6) is 11.5 Å². The lowest BCUT2D eigenvalue weighted by Gasteiger charge is -2.24. The van der Waals surface area contributed by atoms with Gasteiger partial charge in [-0.2, -0.15) is 0 Å². The van der Waals surface area contributed by atoms with Gasteiger partial charge >= 0.3 is 6.29 Å². The van der Waals surface area contributed by atoms with Gasteiger partial charge in [-0.05, 0) is 48.4 Å². The van der Waals surface area contributed by atoms with E-state index in [9.17, 15) is 8.78 Å². The molecular formula is C15H13F2NO2S. The van der Waals surface area contributed by atoms with Crippen molar-refractivity contribution in [3.8, 4) is 11.5 Å². The Morgan fingerprint density at radius 2 is 2.05 bits per heavy atom. The van der Waals surface area contributed by atoms with Crippen molar-refractivity contribution in [3.05, 3.63) is 40.1 Å². The number of ether oxygens (including phenoxy) is 2. The number of rotatable bonds is 2. The Balaban J connectivity index is 1.58. The van der Waals surface area contributed by atoms with E-state index in [1.807, 2.05) is 0 Å². The first-order valence-electron chi connectivity index (χ1n) is 6.83. The van der Waals surface area contributed by atoms with Gasteiger partial charge in [0.25, 0.3) is 0 Å². The molecule has 2 aliphatic rings. The van der Waals surface area contributed by atoms with Crippen LogP contribution in [0.15, 0.2) is 29.6 Å². The first-order chi connectivity index (χ1) is 10.1. The van der Waals surface area contributed by atoms with Crippen LogP contribution in [-0.4, -0.2) is 6.29 Å². The number of thiophene rings is 1. The fourth-order valence-corrected chi connectivity index (χ4v) is 3.86. The van der Waals surface area contributed by atoms with E-state index in [1.54, 1.807) is 23.5 Å². The molecule has 2 heterocycles. The van der Waals surface area contributed by atoms with Gasteiger partial charge in [0.2, 0.25) is 0 Å². The van der Waals surface area contributed by atoms with Crippen LogP contribution < -0.4 is 14.8 Å². The first kappa shape index (κ1) is 12.9. The van der Waals surface area contributed by atoms with Gasteiger partial charge in [-0.15, -0.1) is 20.1 Å². The molecule has 0 radical (unpaired) electrons. The van der Waals surface area contributed by atoms with Crippen molar-refractivity contribution in [2.24, 2.45) is 0 Å². The van der Waals surface area contributed by atoms with E-state index < -0.39 is 6.29 Å². The number of nitrogens with one attached hydrogen (secondary N) is 1. The lowest BCUT2D eigenvalue weighted by Crippen LogP contribution is -2.25. The maximum atomic E-state index is 13.0. The zero-order valence-corrected chi connectivity index (χ0v) is 11.9. The molecule has 0 bridgehead atoms. The average molecular weight is 309 g/mol. The summed E-state index contributed by atoms with van der Waals surface area (Å²) in [5.41, 5.74) is 2.08. The summed E-state index contributed by atoms with van der Waals surface area (Å²) in [6, 6.07) is 7.18. The van der Waals surface area contributed by atoms with Gasteiger partial charge in [0, 0.05) is 16.6 Å². The quantitative estimate of drug-likeness (QED) is 0.882. The highest BCUT2D eigenvalue weighted by atomic mass is 32.1. The summed E-state index contributed by atoms with van der Waals surface area (Å²) in [5, 5.41) is 5.51. The van der Waals surface area contributed by atoms with E-state index in [4.69, 9.17) is 0 Å². The third-order valence-electron chi connectivity index (χ3n) is 3.79. The van der Waals surface area contributed by atoms with E-state index >= 15 is 0 Å². The molecule has 3 nitrogen and oxygen atoms in total. The molecule has 0 saturated heterocycles. The SMILES string of the molecule is FC1(F)Oc2ccc(NC3CCCc4sccc43)cc2O1. The summed E-state index contributed by atoms with van der Waals surface area (Å²) in [6.07, 6.45) is -0.271. The highest BCUT2D eigenvalue weighted by molar-refractivity contribution is 7.10. The summed E-state index contributed by atoms with van der Waals surface area (Å²) in [4.78, 5) is 1.41. The van der Waals surface area contributed by atoms with Crippen LogP contribution in [0, 0.1) is 0 Å². The van der Waals surface area contributed by atoms with Crippen LogP contribution in [0.1, 0.15) is 29.3 Å². The number of aryl methyl sites for hydroxylation is 1. The van der Waals surface area contributed by atoms with Crippen molar-refractivity contribution in [1.82, 2.24) is 0 Å². The molecule has 21 heavy (non-hydrogen) atoms. The fraction of sp³-hybridized carbons (Fsp3) is 0.333. The van der Waals surface area contributed by atoms with Crippen molar-refractivity contribution < 1.29 is 18.3 Å². The van der Waals surface area contributed by atoms with Crippen LogP contribution in [0.2, 0.25) is 0 Å². The van der Waals surface area contributed by atoms with Crippen LogP contribution in [0.4, 0.5) is 14.5 Å². The molecule has 0 amide bonds. The number of fused-ring (bicyclic) bond motifs is 2. The van der Waals surface area contributed by atoms with E-state index in [0.29, 0.717) is 0 Å². The minimum atomic E-state index is -3.56. The predicted octanol–water partition coefficient (Wildman–Crippen LogP) is 4.56. The van der Waals surface area contributed by atoms with E-state index in [-0.39, 0.29) is 17.5 Å². The maximum Gasteiger partial charge on any atom is 0.586 e. The Bertz CT molecular complexity index is 686. The van der Waals surface area contributed by atoms with Gasteiger partial charge in [0.15, 0.2) is 11.5 Å². The van der Waals surface area contributed by atoms with E-state index in [0.717, 1.165) is 24.9 Å². The summed E-state index contributed by atoms with van der Waals surface area (Å²) < 4.78 is 34.9. The zero-order valence-electron chi connectivity index (χ0n) is 11.1. The molecule has 1 aliphatic heterocycles. The average Bonchev–Trinajstić information content (AvgIpc) is 3.01. The van der Waals surface area contributed by atoms with Gasteiger partial charge in [0.1, 0.15) is 0 Å². The Hall–Kier alpha value is -1.82. The Morgan fingerprint density at radius 1 is 1.19 bits per heavy atom. The predicted molar refractivity (Wildman–Crippen MR) is 76.3 cm³/mol. The Labute approximate surface area is 124 Å². The van der Waals surface area contributed by atoms with Crippen molar-refractivity contribution in [3.63, 3.8) is 0 Å². The van der Waals surface area contributed by atoms with Gasteiger partial charge in [-0.1, -0.05) is 0 Å². The second-order valence-corrected chi connectivity index (χ2v) is 6.22. The second-order valence-electron chi connectivity index (χ2n) is 5.22. The molecule has 1 atom stereocenters. The van der Waals surface area contributed by atoms with Gasteiger partial charge in [0.05, 0.1) is 6.04 Å². The molecule has 4 rings (SSSR count). The smallest absolute Gasteiger partial charge is 0.395 e. The van der Waals surface area contributed by atoms with Crippen molar-refractivity contribution in [1.29, 1.82) is 0 Å². The Morgan fingerprint density at radius 3 is 2.95 bits per heavy atom. The van der Waals surface area contributed by atoms with Gasteiger partial charge in [-0.25, -0.2) is 0 Å². The number of anilines is 1. The van der Waals surface area contributed by atoms with Gasteiger partial charge < -0.3 is 14.8 Å². The molecule has 0 saturated carbocycles. The molecular weight excluding hydrogens is 296 g/mol. The summed E-state index contributed by atoms with van der Waals surface area (Å²) in [5.74, 6) is 0.150. The fourth-order valence-electron chi connectivity index (χ4n) is 2.88. The van der Waals surface area contributed by atoms with E-state index in [1.165, 1.54) is 16.5 Å². The standard InChI is InChI=1S/C15H13F2NO2S/c16-15(17)19-12-5-4-9(8-13(12)20-15)18-11-2-1-3-14-10(11)6-7-21-14/h4-8,11,18H,1-3H2. The lowest BCUT2D eigenvalue weighted by molar-refractivity contribution is -0.286. The number of hydrogen-bond donors (Lipinski definition) is 1. The molecule has 1 unspecified atom stereocenters. The third kappa shape index (κ3) is 2.33. The topological polar surface area (TPSA) is 30.5 Å². The van der Waals surface area contributed by atoms with E-state index in [2.05, 4.69) is 26.2 Å². The number of alkyl halides is 2. The van der Waals surface area contributed by atoms with Crippen molar-refractivity contribution in [2.75, 3.05) is 5.32 Å². The minimum absolute atomic E-state index is 0.0745. The highest BCUT2D eigenvalue weighted by Crippen LogP contribution is 2.43. The Kier molecular flexibility index (Phi) is 2.82. The van der Waals surface area contributed by atoms with Crippen LogP contribution in [0.3, 0.4) is 0 Å². The summed E-state index contributed by atoms with van der Waals surface area (Å²) in [7, 11) is 0. The third-order valence-corrected chi connectivity index (χ3v) is 4.79. The number of hydrogen-bond acceptors (Lipinski definition) is 4. The normalized spacial score (nSPS) is 21.9. The molecule has 1 aromatic carbocycles. The van der Waals surface area contributed by atoms with Crippen LogP contribution in [0.25, 0.3) is 0 Å². The number of halogens is 2. The van der Waals surface area contributed by atoms with Crippen molar-refractivity contribution in [2.45, 2.75) is 31.6 Å². The van der Waals surface area contributed by atoms with Crippen molar-refractivity contribution >= 4 is 17.0 Å². The summed E-state index contributed by atoms with van der Waals surface area (Å²) in [6.45, 7) is 0. The van der Waals surface area contributed by atoms with Gasteiger partial charge in [-0.3, -0.25) is 0 Å². The molecule has 1 aliphatic carbocycles. The first-order valence-corrected chi connectivity index (χ1v) is 7.71. The molecule has 0 spiro atoms.